The van der Waals surface area contributed by atoms with Crippen LogP contribution in [0.5, 0.6) is 5.88 Å². The van der Waals surface area contributed by atoms with Crippen molar-refractivity contribution >= 4 is 6.03 Å². The molecule has 18 heavy (non-hydrogen) atoms. The number of nitrogens with zero attached hydrogens (tertiary/aromatic N) is 2. The summed E-state index contributed by atoms with van der Waals surface area (Å²) in [5, 5.41) is 2.87. The summed E-state index contributed by atoms with van der Waals surface area (Å²) in [6.45, 7) is 6.16. The van der Waals surface area contributed by atoms with Crippen LogP contribution in [-0.4, -0.2) is 35.1 Å². The Morgan fingerprint density at radius 1 is 1.50 bits per heavy atom. The minimum absolute atomic E-state index is 0.00348. The Labute approximate surface area is 107 Å². The Kier molecular flexibility index (Phi) is 4.02. The quantitative estimate of drug-likeness (QED) is 0.885. The molecule has 1 aliphatic rings. The summed E-state index contributed by atoms with van der Waals surface area (Å²) in [6, 6.07) is 3.75. The third-order valence-electron chi connectivity index (χ3n) is 2.74. The lowest BCUT2D eigenvalue weighted by atomic mass is 10.2. The number of pyridine rings is 1. The molecule has 0 bridgehead atoms. The Morgan fingerprint density at radius 2 is 2.28 bits per heavy atom. The number of hydrogen-bond donors (Lipinski definition) is 1. The van der Waals surface area contributed by atoms with Crippen molar-refractivity contribution in [2.24, 2.45) is 0 Å². The molecule has 1 N–H and O–H groups in total. The van der Waals surface area contributed by atoms with Gasteiger partial charge in [-0.05, 0) is 25.8 Å². The predicted molar refractivity (Wildman–Crippen MR) is 68.4 cm³/mol. The van der Waals surface area contributed by atoms with Crippen molar-refractivity contribution in [3.8, 4) is 5.88 Å². The van der Waals surface area contributed by atoms with Gasteiger partial charge in [0.2, 0.25) is 5.88 Å². The maximum absolute atomic E-state index is 11.6. The second-order valence-corrected chi connectivity index (χ2v) is 4.67. The molecule has 0 aliphatic carbocycles. The molecule has 0 saturated carbocycles. The highest BCUT2D eigenvalue weighted by Gasteiger charge is 2.19. The van der Waals surface area contributed by atoms with E-state index in [1.54, 1.807) is 11.1 Å². The van der Waals surface area contributed by atoms with E-state index in [9.17, 15) is 4.79 Å². The van der Waals surface area contributed by atoms with Crippen molar-refractivity contribution in [2.75, 3.05) is 13.1 Å². The summed E-state index contributed by atoms with van der Waals surface area (Å²) in [5.41, 5.74) is 0.972. The molecule has 1 saturated heterocycles. The highest BCUT2D eigenvalue weighted by Crippen LogP contribution is 2.10. The monoisotopic (exact) mass is 249 g/mol. The number of aromatic nitrogens is 1. The number of rotatable bonds is 4. The lowest BCUT2D eigenvalue weighted by molar-refractivity contribution is 0.167. The first kappa shape index (κ1) is 12.7. The third kappa shape index (κ3) is 3.35. The average molecular weight is 249 g/mol. The van der Waals surface area contributed by atoms with Gasteiger partial charge < -0.3 is 15.0 Å². The van der Waals surface area contributed by atoms with E-state index in [-0.39, 0.29) is 12.1 Å². The predicted octanol–water partition coefficient (Wildman–Crippen LogP) is 1.78. The van der Waals surface area contributed by atoms with Crippen molar-refractivity contribution in [3.05, 3.63) is 23.9 Å². The largest absolute Gasteiger partial charge is 0.475 e. The molecule has 98 valence electrons. The molecule has 5 nitrogen and oxygen atoms in total. The zero-order valence-electron chi connectivity index (χ0n) is 10.8. The van der Waals surface area contributed by atoms with Crippen molar-refractivity contribution in [1.29, 1.82) is 0 Å². The summed E-state index contributed by atoms with van der Waals surface area (Å²) in [6.07, 6.45) is 2.96. The molecule has 2 heterocycles. The number of carbonyl (C=O) groups excluding carboxylic acids is 1. The van der Waals surface area contributed by atoms with E-state index in [0.717, 1.165) is 25.1 Å². The van der Waals surface area contributed by atoms with Gasteiger partial charge in [-0.1, -0.05) is 6.07 Å². The molecule has 0 spiro atoms. The van der Waals surface area contributed by atoms with Gasteiger partial charge in [-0.15, -0.1) is 0 Å². The minimum atomic E-state index is 0.00348. The number of likely N-dealkylation sites (tertiary alicyclic amines) is 1. The van der Waals surface area contributed by atoms with Crippen molar-refractivity contribution < 1.29 is 9.53 Å². The fraction of sp³-hybridized carbons (Fsp3) is 0.538. The van der Waals surface area contributed by atoms with E-state index in [0.29, 0.717) is 12.4 Å². The lowest BCUT2D eigenvalue weighted by Gasteiger charge is -2.30. The summed E-state index contributed by atoms with van der Waals surface area (Å²) in [4.78, 5) is 17.6. The zero-order chi connectivity index (χ0) is 13.0. The Bertz CT molecular complexity index is 399. The van der Waals surface area contributed by atoms with Crippen LogP contribution in [0.1, 0.15) is 25.8 Å². The number of urea groups is 1. The molecule has 2 amide bonds. The van der Waals surface area contributed by atoms with Gasteiger partial charge >= 0.3 is 6.03 Å². The van der Waals surface area contributed by atoms with Gasteiger partial charge in [0.1, 0.15) is 0 Å². The number of hydrogen-bond acceptors (Lipinski definition) is 3. The fourth-order valence-corrected chi connectivity index (χ4v) is 1.64. The maximum atomic E-state index is 11.6. The first-order valence-electron chi connectivity index (χ1n) is 6.29. The molecule has 0 radical (unpaired) electrons. The van der Waals surface area contributed by atoms with Crippen LogP contribution in [-0.2, 0) is 6.54 Å². The van der Waals surface area contributed by atoms with Gasteiger partial charge in [-0.2, -0.15) is 0 Å². The maximum Gasteiger partial charge on any atom is 0.317 e. The first-order valence-corrected chi connectivity index (χ1v) is 6.29. The molecule has 1 fully saturated rings. The van der Waals surface area contributed by atoms with Crippen LogP contribution in [0, 0.1) is 0 Å². The molecule has 0 aromatic carbocycles. The van der Waals surface area contributed by atoms with Crippen molar-refractivity contribution in [3.63, 3.8) is 0 Å². The van der Waals surface area contributed by atoms with E-state index < -0.39 is 0 Å². The standard InChI is InChI=1S/C13H19N3O2/c1-10(2)18-12-5-4-11(8-14-12)9-15-13(17)16-6-3-7-16/h4-5,8,10H,3,6-7,9H2,1-2H3,(H,15,17). The highest BCUT2D eigenvalue weighted by molar-refractivity contribution is 5.74. The molecule has 5 heteroatoms. The van der Waals surface area contributed by atoms with Crippen molar-refractivity contribution in [1.82, 2.24) is 15.2 Å². The topological polar surface area (TPSA) is 54.5 Å². The summed E-state index contributed by atoms with van der Waals surface area (Å²) < 4.78 is 5.45. The number of amides is 2. The van der Waals surface area contributed by atoms with Crippen LogP contribution in [0.4, 0.5) is 4.79 Å². The highest BCUT2D eigenvalue weighted by atomic mass is 16.5. The summed E-state index contributed by atoms with van der Waals surface area (Å²) >= 11 is 0. The summed E-state index contributed by atoms with van der Waals surface area (Å²) in [7, 11) is 0. The third-order valence-corrected chi connectivity index (χ3v) is 2.74. The fourth-order valence-electron chi connectivity index (χ4n) is 1.64. The van der Waals surface area contributed by atoms with Gasteiger partial charge in [0.05, 0.1) is 6.10 Å². The number of carbonyl (C=O) groups is 1. The molecular formula is C13H19N3O2. The molecule has 1 aromatic heterocycles. The van der Waals surface area contributed by atoms with E-state index in [1.165, 1.54) is 0 Å². The lowest BCUT2D eigenvalue weighted by Crippen LogP contribution is -2.47. The minimum Gasteiger partial charge on any atom is -0.475 e. The number of ether oxygens (including phenoxy) is 1. The van der Waals surface area contributed by atoms with Gasteiger partial charge in [-0.25, -0.2) is 9.78 Å². The zero-order valence-corrected chi connectivity index (χ0v) is 10.8. The second kappa shape index (κ2) is 5.71. The van der Waals surface area contributed by atoms with Crippen molar-refractivity contribution in [2.45, 2.75) is 32.9 Å². The van der Waals surface area contributed by atoms with Crippen LogP contribution in [0.3, 0.4) is 0 Å². The first-order chi connectivity index (χ1) is 8.65. The van der Waals surface area contributed by atoms with Crippen LogP contribution < -0.4 is 10.1 Å². The molecule has 0 unspecified atom stereocenters. The van der Waals surface area contributed by atoms with Gasteiger partial charge in [-0.3, -0.25) is 0 Å². The number of nitrogens with one attached hydrogen (secondary N) is 1. The van der Waals surface area contributed by atoms with Gasteiger partial charge in [0.15, 0.2) is 0 Å². The Hall–Kier alpha value is -1.78. The van der Waals surface area contributed by atoms with E-state index in [4.69, 9.17) is 4.74 Å². The second-order valence-electron chi connectivity index (χ2n) is 4.67. The van der Waals surface area contributed by atoms with Crippen LogP contribution in [0.15, 0.2) is 18.3 Å². The molecule has 2 rings (SSSR count). The van der Waals surface area contributed by atoms with Gasteiger partial charge in [0.25, 0.3) is 0 Å². The van der Waals surface area contributed by atoms with E-state index in [2.05, 4.69) is 10.3 Å². The van der Waals surface area contributed by atoms with Crippen LogP contribution in [0.25, 0.3) is 0 Å². The SMILES string of the molecule is CC(C)Oc1ccc(CNC(=O)N2CCC2)cn1. The van der Waals surface area contributed by atoms with Crippen LogP contribution in [0.2, 0.25) is 0 Å². The molecule has 1 aromatic rings. The van der Waals surface area contributed by atoms with E-state index >= 15 is 0 Å². The molecular weight excluding hydrogens is 230 g/mol. The summed E-state index contributed by atoms with van der Waals surface area (Å²) in [5.74, 6) is 0.614. The van der Waals surface area contributed by atoms with Gasteiger partial charge in [0, 0.05) is 31.9 Å². The molecule has 1 aliphatic heterocycles. The normalized spacial score (nSPS) is 14.3. The smallest absolute Gasteiger partial charge is 0.317 e. The van der Waals surface area contributed by atoms with Crippen LogP contribution >= 0.6 is 0 Å². The molecule has 0 atom stereocenters. The Balaban J connectivity index is 1.80. The average Bonchev–Trinajstić information content (AvgIpc) is 2.25. The Morgan fingerprint density at radius 3 is 2.78 bits per heavy atom. The van der Waals surface area contributed by atoms with E-state index in [1.807, 2.05) is 26.0 Å².